The van der Waals surface area contributed by atoms with Crippen LogP contribution in [0.3, 0.4) is 0 Å². The Labute approximate surface area is 75.1 Å². The Kier molecular flexibility index (Phi) is 24.0. The van der Waals surface area contributed by atoms with Crippen molar-refractivity contribution in [1.82, 2.24) is 0 Å². The van der Waals surface area contributed by atoms with Crippen LogP contribution in [-0.2, 0) is 26.9 Å². The predicted octanol–water partition coefficient (Wildman–Crippen LogP) is -2.50. The summed E-state index contributed by atoms with van der Waals surface area (Å²) >= 11 is 0. The van der Waals surface area contributed by atoms with Crippen LogP contribution in [0.15, 0.2) is 0 Å². The van der Waals surface area contributed by atoms with E-state index >= 15 is 0 Å². The molecule has 0 aromatic heterocycles. The molecule has 0 aromatic carbocycles. The van der Waals surface area contributed by atoms with Crippen molar-refractivity contribution in [2.24, 2.45) is 0 Å². The summed E-state index contributed by atoms with van der Waals surface area (Å²) in [5.74, 6) is 0. The third-order valence-corrected chi connectivity index (χ3v) is 0. The molecule has 4 radical (unpaired) electrons. The van der Waals surface area contributed by atoms with Gasteiger partial charge in [-0.2, -0.15) is 0 Å². The second kappa shape index (κ2) is 8.45. The Morgan fingerprint density at radius 2 is 1.12 bits per heavy atom. The molecule has 8 heavy (non-hydrogen) atoms. The number of rotatable bonds is 0. The van der Waals surface area contributed by atoms with Crippen LogP contribution in [0.5, 0.6) is 0 Å². The average Bonchev–Trinajstić information content (AvgIpc) is 0.722. The van der Waals surface area contributed by atoms with Crippen molar-refractivity contribution in [2.45, 2.75) is 0 Å². The normalized spacial score (nSPS) is 7.38. The van der Waals surface area contributed by atoms with Gasteiger partial charge in [-0.05, 0) is 0 Å². The average molecular weight is 232 g/mol. The largest absolute Gasteiger partial charge is 0.466 e. The molecule has 0 aliphatic heterocycles. The topological polar surface area (TPSA) is 77.8 Å². The SMILES string of the molecule is O=P(O)(O)O.[AlH3].[B].[Nb]. The first-order chi connectivity index (χ1) is 2.00. The van der Waals surface area contributed by atoms with Gasteiger partial charge in [-0.3, -0.25) is 0 Å². The molecule has 3 N–H and O–H groups in total. The quantitative estimate of drug-likeness (QED) is 0.318. The van der Waals surface area contributed by atoms with E-state index in [1.54, 1.807) is 0 Å². The molecule has 4 nitrogen and oxygen atoms in total. The minimum absolute atomic E-state index is 0. The first-order valence-electron chi connectivity index (χ1n) is 0.783. The predicted molar refractivity (Wildman–Crippen MR) is 30.0 cm³/mol. The van der Waals surface area contributed by atoms with Crippen LogP contribution in [0.2, 0.25) is 0 Å². The van der Waals surface area contributed by atoms with Crippen molar-refractivity contribution in [2.75, 3.05) is 0 Å². The van der Waals surface area contributed by atoms with Gasteiger partial charge in [-0.25, -0.2) is 4.57 Å². The monoisotopic (exact) mass is 232 g/mol. The summed E-state index contributed by atoms with van der Waals surface area (Å²) in [4.78, 5) is 21.6. The zero-order chi connectivity index (χ0) is 4.50. The van der Waals surface area contributed by atoms with Crippen LogP contribution in [0.4, 0.5) is 0 Å². The van der Waals surface area contributed by atoms with Crippen LogP contribution < -0.4 is 0 Å². The summed E-state index contributed by atoms with van der Waals surface area (Å²) in [5.41, 5.74) is 0. The van der Waals surface area contributed by atoms with Crippen LogP contribution in [0.1, 0.15) is 0 Å². The van der Waals surface area contributed by atoms with E-state index in [9.17, 15) is 0 Å². The second-order valence-electron chi connectivity index (χ2n) is 0.513. The molecule has 0 bridgehead atoms. The molecule has 8 heteroatoms. The fourth-order valence-corrected chi connectivity index (χ4v) is 0. The Bertz CT molecular complexity index is 62.2. The second-order valence-corrected chi connectivity index (χ2v) is 1.54. The summed E-state index contributed by atoms with van der Waals surface area (Å²) in [6, 6.07) is 0. The van der Waals surface area contributed by atoms with E-state index in [0.717, 1.165) is 0 Å². The van der Waals surface area contributed by atoms with Gasteiger partial charge in [0.2, 0.25) is 0 Å². The van der Waals surface area contributed by atoms with Crippen molar-refractivity contribution in [1.29, 1.82) is 0 Å². The molecule has 0 spiro atoms. The number of hydrogen-bond acceptors (Lipinski definition) is 1. The first kappa shape index (κ1) is 22.7. The van der Waals surface area contributed by atoms with Crippen molar-refractivity contribution >= 4 is 33.6 Å². The fourth-order valence-electron chi connectivity index (χ4n) is 0. The summed E-state index contributed by atoms with van der Waals surface area (Å²) in [5, 5.41) is 0. The summed E-state index contributed by atoms with van der Waals surface area (Å²) in [6.07, 6.45) is 0. The maximum absolute atomic E-state index is 8.88. The fraction of sp³-hybridized carbons (Fsp3) is 0. The van der Waals surface area contributed by atoms with Gasteiger partial charge in [-0.1, -0.05) is 0 Å². The summed E-state index contributed by atoms with van der Waals surface area (Å²) in [6.45, 7) is 0. The van der Waals surface area contributed by atoms with E-state index in [0.29, 0.717) is 0 Å². The molecule has 0 unspecified atom stereocenters. The number of hydrogen-bond donors (Lipinski definition) is 3. The van der Waals surface area contributed by atoms with Crippen LogP contribution in [0.25, 0.3) is 0 Å². The van der Waals surface area contributed by atoms with E-state index in [1.807, 2.05) is 0 Å². The van der Waals surface area contributed by atoms with Gasteiger partial charge >= 0.3 is 7.82 Å². The molecule has 0 amide bonds. The van der Waals surface area contributed by atoms with Gasteiger partial charge in [0.25, 0.3) is 0 Å². The Morgan fingerprint density at radius 3 is 1.12 bits per heavy atom. The molecule has 0 saturated heterocycles. The van der Waals surface area contributed by atoms with Gasteiger partial charge in [0, 0.05) is 30.8 Å². The maximum atomic E-state index is 8.88. The maximum Gasteiger partial charge on any atom is 0.466 e. The molecule has 0 rings (SSSR count). The molecule has 0 aliphatic carbocycles. The van der Waals surface area contributed by atoms with Gasteiger partial charge in [0.15, 0.2) is 17.4 Å². The van der Waals surface area contributed by atoms with Crippen molar-refractivity contribution in [3.8, 4) is 0 Å². The molecule has 0 saturated carbocycles. The third kappa shape index (κ3) is 148. The number of phosphoric acid groups is 1. The standard InChI is InChI=1S/Al.B.Nb.H3O4P.3H/c;;;1-5(2,3)4;;;/h;;;(H3,1,2,3,4);;;. The van der Waals surface area contributed by atoms with E-state index < -0.39 is 7.82 Å². The van der Waals surface area contributed by atoms with Gasteiger partial charge in [-0.15, -0.1) is 0 Å². The minimum atomic E-state index is -4.64. The Hall–Kier alpha value is 1.45. The van der Waals surface area contributed by atoms with Gasteiger partial charge < -0.3 is 14.7 Å². The van der Waals surface area contributed by atoms with E-state index in [2.05, 4.69) is 0 Å². The molecule has 0 aromatic rings. The first-order valence-corrected chi connectivity index (χ1v) is 2.35. The zero-order valence-corrected chi connectivity index (χ0v) is 6.31. The van der Waals surface area contributed by atoms with Gasteiger partial charge in [0.05, 0.1) is 0 Å². The van der Waals surface area contributed by atoms with E-state index in [4.69, 9.17) is 19.2 Å². The summed E-state index contributed by atoms with van der Waals surface area (Å²) in [7, 11) is -4.64. The van der Waals surface area contributed by atoms with Crippen LogP contribution >= 0.6 is 7.82 Å². The minimum Gasteiger partial charge on any atom is -0.303 e. The molecule has 0 atom stereocenters. The van der Waals surface area contributed by atoms with Crippen LogP contribution in [-0.4, -0.2) is 40.5 Å². The van der Waals surface area contributed by atoms with Crippen molar-refractivity contribution < 1.29 is 41.6 Å². The smallest absolute Gasteiger partial charge is 0.303 e. The van der Waals surface area contributed by atoms with Crippen molar-refractivity contribution in [3.63, 3.8) is 0 Å². The van der Waals surface area contributed by atoms with Crippen molar-refractivity contribution in [3.05, 3.63) is 0 Å². The molecular formula is H6AlBNbO4P. The van der Waals surface area contributed by atoms with Gasteiger partial charge in [0.1, 0.15) is 0 Å². The van der Waals surface area contributed by atoms with E-state index in [-0.39, 0.29) is 48.2 Å². The Balaban J connectivity index is -0.0000000267. The summed E-state index contributed by atoms with van der Waals surface area (Å²) < 4.78 is 8.88. The third-order valence-electron chi connectivity index (χ3n) is 0. The molecule has 46 valence electrons. The molecule has 0 aliphatic rings. The molecule has 0 heterocycles. The Morgan fingerprint density at radius 1 is 1.12 bits per heavy atom. The van der Waals surface area contributed by atoms with E-state index in [1.165, 1.54) is 0 Å². The molecule has 0 fully saturated rings. The van der Waals surface area contributed by atoms with Crippen LogP contribution in [0, 0.1) is 0 Å². The molecular weight excluding hydrogens is 226 g/mol. The zero-order valence-electron chi connectivity index (χ0n) is 3.22.